The van der Waals surface area contributed by atoms with Gasteiger partial charge in [0.15, 0.2) is 0 Å². The molecule has 1 rings (SSSR count). The van der Waals surface area contributed by atoms with Crippen molar-refractivity contribution < 1.29 is 31.7 Å². The van der Waals surface area contributed by atoms with Gasteiger partial charge in [0.2, 0.25) is 15.7 Å². The van der Waals surface area contributed by atoms with Crippen LogP contribution in [0.2, 0.25) is 0 Å². The second-order valence-corrected chi connectivity index (χ2v) is 6.11. The number of hydrogen-bond acceptors (Lipinski definition) is 7. The Labute approximate surface area is 129 Å². The highest BCUT2D eigenvalue weighted by molar-refractivity contribution is 7.91. The lowest BCUT2D eigenvalue weighted by Gasteiger charge is -2.09. The number of nitrogens with zero attached hydrogens (tertiary/aromatic N) is 1. The number of anilines is 1. The third kappa shape index (κ3) is 5.10. The van der Waals surface area contributed by atoms with Crippen LogP contribution in [0.3, 0.4) is 0 Å². The average molecular weight is 353 g/mol. The van der Waals surface area contributed by atoms with E-state index in [0.29, 0.717) is 6.07 Å². The zero-order valence-corrected chi connectivity index (χ0v) is 12.4. The Morgan fingerprint density at radius 1 is 1.43 bits per heavy atom. The van der Waals surface area contributed by atoms with Crippen LogP contribution in [0, 0.1) is 10.1 Å². The second kappa shape index (κ2) is 7.78. The third-order valence-corrected chi connectivity index (χ3v) is 3.92. The molecule has 0 saturated heterocycles. The first-order chi connectivity index (χ1) is 10.7. The van der Waals surface area contributed by atoms with Gasteiger partial charge in [-0.2, -0.15) is 8.78 Å². The highest BCUT2D eigenvalue weighted by atomic mass is 32.2. The summed E-state index contributed by atoms with van der Waals surface area (Å²) in [4.78, 5) is 19.6. The molecule has 0 atom stereocenters. The van der Waals surface area contributed by atoms with Crippen molar-refractivity contribution in [2.24, 2.45) is 5.73 Å². The molecule has 23 heavy (non-hydrogen) atoms. The van der Waals surface area contributed by atoms with Gasteiger partial charge in [0.05, 0.1) is 16.4 Å². The van der Waals surface area contributed by atoms with Crippen LogP contribution in [-0.2, 0) is 19.4 Å². The molecule has 0 bridgehead atoms. The van der Waals surface area contributed by atoms with Crippen LogP contribution in [0.25, 0.3) is 0 Å². The number of alkyl halides is 2. The predicted molar refractivity (Wildman–Crippen MR) is 74.8 cm³/mol. The number of benzene rings is 1. The van der Waals surface area contributed by atoms with Gasteiger partial charge in [0.25, 0.3) is 5.69 Å². The number of rotatable bonds is 9. The minimum atomic E-state index is -4.93. The number of primary amides is 1. The molecular formula is C11H13F2N3O6S. The number of sulfone groups is 1. The molecule has 128 valence electrons. The maximum Gasteiger partial charge on any atom is 0.341 e. The van der Waals surface area contributed by atoms with E-state index in [4.69, 9.17) is 10.5 Å². The van der Waals surface area contributed by atoms with Crippen LogP contribution in [0.5, 0.6) is 0 Å². The van der Waals surface area contributed by atoms with Crippen molar-refractivity contribution in [2.45, 2.75) is 10.7 Å². The summed E-state index contributed by atoms with van der Waals surface area (Å²) in [5.41, 5.74) is 4.08. The standard InChI is InChI=1S/C11H13F2N3O6S/c12-11(13)23(20,21)7-1-2-8(9(5-7)16(18)19)15-3-4-22-6-10(14)17/h1-2,5,11,15H,3-4,6H2,(H2,14,17). The molecule has 0 aliphatic rings. The number of carbonyl (C=O) groups excluding carboxylic acids is 1. The number of nitro groups is 1. The molecule has 0 aromatic heterocycles. The van der Waals surface area contributed by atoms with E-state index >= 15 is 0 Å². The molecule has 0 spiro atoms. The van der Waals surface area contributed by atoms with Gasteiger partial charge >= 0.3 is 5.76 Å². The van der Waals surface area contributed by atoms with Crippen molar-refractivity contribution in [3.05, 3.63) is 28.3 Å². The SMILES string of the molecule is NC(=O)COCCNc1ccc(S(=O)(=O)C(F)F)cc1[N+](=O)[O-]. The molecular weight excluding hydrogens is 340 g/mol. The number of amides is 1. The number of hydrogen-bond donors (Lipinski definition) is 2. The molecule has 12 heteroatoms. The molecule has 0 saturated carbocycles. The van der Waals surface area contributed by atoms with Crippen LogP contribution in [0.1, 0.15) is 0 Å². The maximum absolute atomic E-state index is 12.5. The maximum atomic E-state index is 12.5. The van der Waals surface area contributed by atoms with Crippen molar-refractivity contribution in [3.63, 3.8) is 0 Å². The highest BCUT2D eigenvalue weighted by Gasteiger charge is 2.29. The number of nitrogens with one attached hydrogen (secondary N) is 1. The number of nitro benzene ring substituents is 1. The molecule has 0 radical (unpaired) electrons. The fourth-order valence-electron chi connectivity index (χ4n) is 1.52. The molecule has 0 fully saturated rings. The third-order valence-electron chi connectivity index (χ3n) is 2.54. The summed E-state index contributed by atoms with van der Waals surface area (Å²) in [5.74, 6) is -4.36. The molecule has 1 aromatic carbocycles. The fraction of sp³-hybridized carbons (Fsp3) is 0.364. The zero-order chi connectivity index (χ0) is 17.6. The van der Waals surface area contributed by atoms with E-state index in [1.165, 1.54) is 0 Å². The highest BCUT2D eigenvalue weighted by Crippen LogP contribution is 2.29. The Morgan fingerprint density at radius 2 is 2.09 bits per heavy atom. The number of carbonyl (C=O) groups is 1. The van der Waals surface area contributed by atoms with E-state index in [9.17, 15) is 32.1 Å². The number of nitrogens with two attached hydrogens (primary N) is 1. The topological polar surface area (TPSA) is 142 Å². The zero-order valence-electron chi connectivity index (χ0n) is 11.6. The van der Waals surface area contributed by atoms with E-state index in [0.717, 1.165) is 12.1 Å². The van der Waals surface area contributed by atoms with Gasteiger partial charge in [-0.3, -0.25) is 14.9 Å². The Kier molecular flexibility index (Phi) is 6.33. The Bertz CT molecular complexity index is 695. The summed E-state index contributed by atoms with van der Waals surface area (Å²) in [6.07, 6.45) is 0. The minimum Gasteiger partial charge on any atom is -0.377 e. The second-order valence-electron chi connectivity index (χ2n) is 4.19. The first-order valence-electron chi connectivity index (χ1n) is 6.06. The Balaban J connectivity index is 2.89. The van der Waals surface area contributed by atoms with E-state index in [1.54, 1.807) is 0 Å². The lowest BCUT2D eigenvalue weighted by atomic mass is 10.2. The summed E-state index contributed by atoms with van der Waals surface area (Å²) in [6.45, 7) is -0.276. The van der Waals surface area contributed by atoms with Gasteiger partial charge in [0.1, 0.15) is 12.3 Å². The molecule has 1 amide bonds. The Hall–Kier alpha value is -2.34. The lowest BCUT2D eigenvalue weighted by Crippen LogP contribution is -2.20. The molecule has 0 unspecified atom stereocenters. The van der Waals surface area contributed by atoms with Crippen LogP contribution < -0.4 is 11.1 Å². The largest absolute Gasteiger partial charge is 0.377 e. The van der Waals surface area contributed by atoms with Crippen LogP contribution >= 0.6 is 0 Å². The van der Waals surface area contributed by atoms with Crippen LogP contribution in [-0.4, -0.2) is 44.8 Å². The number of ether oxygens (including phenoxy) is 1. The summed E-state index contributed by atoms with van der Waals surface area (Å²) >= 11 is 0. The fourth-order valence-corrected chi connectivity index (χ4v) is 2.26. The van der Waals surface area contributed by atoms with Gasteiger partial charge in [-0.05, 0) is 12.1 Å². The molecule has 9 nitrogen and oxygen atoms in total. The summed E-state index contributed by atoms with van der Waals surface area (Å²) < 4.78 is 52.4. The molecule has 0 heterocycles. The van der Waals surface area contributed by atoms with Gasteiger partial charge in [0, 0.05) is 12.6 Å². The average Bonchev–Trinajstić information content (AvgIpc) is 2.46. The molecule has 0 aliphatic heterocycles. The van der Waals surface area contributed by atoms with E-state index in [2.05, 4.69) is 5.32 Å². The van der Waals surface area contributed by atoms with Gasteiger partial charge in [-0.15, -0.1) is 0 Å². The Morgan fingerprint density at radius 3 is 2.61 bits per heavy atom. The van der Waals surface area contributed by atoms with Crippen molar-refractivity contribution in [3.8, 4) is 0 Å². The smallest absolute Gasteiger partial charge is 0.341 e. The summed E-state index contributed by atoms with van der Waals surface area (Å²) in [7, 11) is -4.93. The van der Waals surface area contributed by atoms with Crippen LogP contribution in [0.4, 0.5) is 20.2 Å². The van der Waals surface area contributed by atoms with E-state index in [1.807, 2.05) is 0 Å². The van der Waals surface area contributed by atoms with E-state index in [-0.39, 0.29) is 25.4 Å². The van der Waals surface area contributed by atoms with Gasteiger partial charge < -0.3 is 15.8 Å². The van der Waals surface area contributed by atoms with E-state index < -0.39 is 37.0 Å². The summed E-state index contributed by atoms with van der Waals surface area (Å²) in [6, 6.07) is 2.39. The lowest BCUT2D eigenvalue weighted by molar-refractivity contribution is -0.384. The first-order valence-corrected chi connectivity index (χ1v) is 7.61. The van der Waals surface area contributed by atoms with Gasteiger partial charge in [-0.1, -0.05) is 0 Å². The minimum absolute atomic E-state index is 0.00280. The predicted octanol–water partition coefficient (Wildman–Crippen LogP) is 0.505. The van der Waals surface area contributed by atoms with Crippen molar-refractivity contribution in [2.75, 3.05) is 25.1 Å². The first kappa shape index (κ1) is 18.7. The number of halogens is 2. The molecule has 3 N–H and O–H groups in total. The normalized spacial score (nSPS) is 11.4. The van der Waals surface area contributed by atoms with Crippen molar-refractivity contribution in [1.82, 2.24) is 0 Å². The monoisotopic (exact) mass is 353 g/mol. The molecule has 0 aliphatic carbocycles. The van der Waals surface area contributed by atoms with Crippen molar-refractivity contribution >= 4 is 27.1 Å². The molecule has 1 aromatic rings. The van der Waals surface area contributed by atoms with Gasteiger partial charge in [-0.25, -0.2) is 8.42 Å². The summed E-state index contributed by atoms with van der Waals surface area (Å²) in [5, 5.41) is 13.5. The van der Waals surface area contributed by atoms with Crippen molar-refractivity contribution in [1.29, 1.82) is 0 Å². The van der Waals surface area contributed by atoms with Crippen LogP contribution in [0.15, 0.2) is 23.1 Å². The quantitative estimate of drug-likeness (QED) is 0.374.